The van der Waals surface area contributed by atoms with Crippen LogP contribution in [-0.2, 0) is 23.1 Å². The Morgan fingerprint density at radius 1 is 1.14 bits per heavy atom. The van der Waals surface area contributed by atoms with E-state index in [0.717, 1.165) is 22.5 Å². The molecule has 0 saturated carbocycles. The molecule has 28 heavy (non-hydrogen) atoms. The van der Waals surface area contributed by atoms with Crippen LogP contribution in [0, 0.1) is 27.7 Å². The van der Waals surface area contributed by atoms with E-state index in [-0.39, 0.29) is 17.2 Å². The average molecular weight is 423 g/mol. The number of nitrogens with zero attached hydrogens (tertiary/aromatic N) is 4. The van der Waals surface area contributed by atoms with Gasteiger partial charge in [0.15, 0.2) is 5.76 Å². The summed E-state index contributed by atoms with van der Waals surface area (Å²) < 4.78 is 34.1. The first-order valence-corrected chi connectivity index (χ1v) is 10.6. The Hall–Kier alpha value is -2.16. The molecule has 9 heteroatoms. The van der Waals surface area contributed by atoms with Crippen LogP contribution in [0.2, 0.25) is 5.02 Å². The van der Waals surface area contributed by atoms with Crippen molar-refractivity contribution in [2.45, 2.75) is 45.7 Å². The van der Waals surface area contributed by atoms with Crippen molar-refractivity contribution >= 4 is 21.6 Å². The Bertz CT molecular complexity index is 1100. The lowest BCUT2D eigenvalue weighted by Crippen LogP contribution is -2.27. The lowest BCUT2D eigenvalue weighted by molar-refractivity contribution is 0.389. The van der Waals surface area contributed by atoms with E-state index in [4.69, 9.17) is 16.1 Å². The first kappa shape index (κ1) is 20.6. The van der Waals surface area contributed by atoms with Gasteiger partial charge in [0.1, 0.15) is 10.6 Å². The van der Waals surface area contributed by atoms with Crippen molar-refractivity contribution in [1.82, 2.24) is 19.2 Å². The second-order valence-electron chi connectivity index (χ2n) is 6.81. The zero-order valence-electron chi connectivity index (χ0n) is 16.5. The van der Waals surface area contributed by atoms with Gasteiger partial charge in [-0.05, 0) is 39.3 Å². The molecule has 2 heterocycles. The average Bonchev–Trinajstić information content (AvgIpc) is 3.10. The highest BCUT2D eigenvalue weighted by Gasteiger charge is 2.29. The molecule has 0 amide bonds. The standard InChI is InChI=1S/C19H23ClN4O3S/c1-12-17(11-23(5)28(25,26)19-13(2)22-27-15(19)4)14(3)24(21-12)10-16-8-6-7-9-18(16)20/h6-9H,10-11H2,1-5H3. The molecule has 0 fully saturated rings. The maximum absolute atomic E-state index is 13.0. The van der Waals surface area contributed by atoms with E-state index >= 15 is 0 Å². The molecule has 1 aromatic carbocycles. The molecule has 0 unspecified atom stereocenters. The van der Waals surface area contributed by atoms with Crippen LogP contribution in [0.15, 0.2) is 33.7 Å². The van der Waals surface area contributed by atoms with E-state index < -0.39 is 10.0 Å². The second kappa shape index (κ2) is 7.69. The van der Waals surface area contributed by atoms with Gasteiger partial charge < -0.3 is 4.52 Å². The Kier molecular flexibility index (Phi) is 5.65. The van der Waals surface area contributed by atoms with Gasteiger partial charge in [-0.15, -0.1) is 0 Å². The van der Waals surface area contributed by atoms with Crippen molar-refractivity contribution in [3.05, 3.63) is 63.3 Å². The molecule has 0 radical (unpaired) electrons. The predicted molar refractivity (Wildman–Crippen MR) is 107 cm³/mol. The zero-order chi connectivity index (χ0) is 20.6. The fourth-order valence-electron chi connectivity index (χ4n) is 3.21. The lowest BCUT2D eigenvalue weighted by atomic mass is 10.2. The third-order valence-corrected chi connectivity index (χ3v) is 7.24. The van der Waals surface area contributed by atoms with Crippen LogP contribution in [-0.4, -0.2) is 34.7 Å². The molecule has 3 aromatic rings. The zero-order valence-corrected chi connectivity index (χ0v) is 18.1. The lowest BCUT2D eigenvalue weighted by Gasteiger charge is -2.17. The fourth-order valence-corrected chi connectivity index (χ4v) is 4.83. The molecule has 2 aromatic heterocycles. The summed E-state index contributed by atoms with van der Waals surface area (Å²) in [6.07, 6.45) is 0. The number of benzene rings is 1. The second-order valence-corrected chi connectivity index (χ2v) is 9.20. The van der Waals surface area contributed by atoms with Gasteiger partial charge in [-0.25, -0.2) is 8.42 Å². The van der Waals surface area contributed by atoms with Crippen molar-refractivity contribution in [1.29, 1.82) is 0 Å². The largest absolute Gasteiger partial charge is 0.360 e. The maximum Gasteiger partial charge on any atom is 0.248 e. The number of halogens is 1. The maximum atomic E-state index is 13.0. The molecular formula is C19H23ClN4O3S. The summed E-state index contributed by atoms with van der Waals surface area (Å²) in [5, 5.41) is 9.02. The van der Waals surface area contributed by atoms with E-state index in [1.807, 2.05) is 42.8 Å². The van der Waals surface area contributed by atoms with E-state index in [1.54, 1.807) is 20.9 Å². The molecule has 3 rings (SSSR count). The summed E-state index contributed by atoms with van der Waals surface area (Å²) in [4.78, 5) is 0.119. The van der Waals surface area contributed by atoms with E-state index in [2.05, 4.69) is 10.3 Å². The Morgan fingerprint density at radius 2 is 1.82 bits per heavy atom. The van der Waals surface area contributed by atoms with E-state index in [0.29, 0.717) is 17.3 Å². The minimum atomic E-state index is -3.73. The minimum absolute atomic E-state index is 0.119. The van der Waals surface area contributed by atoms with Crippen LogP contribution in [0.4, 0.5) is 0 Å². The topological polar surface area (TPSA) is 81.2 Å². The number of aryl methyl sites for hydroxylation is 3. The van der Waals surface area contributed by atoms with Crippen LogP contribution in [0.5, 0.6) is 0 Å². The highest BCUT2D eigenvalue weighted by molar-refractivity contribution is 7.89. The summed E-state index contributed by atoms with van der Waals surface area (Å²) in [5.74, 6) is 0.284. The summed E-state index contributed by atoms with van der Waals surface area (Å²) in [6.45, 7) is 7.75. The highest BCUT2D eigenvalue weighted by Crippen LogP contribution is 2.26. The van der Waals surface area contributed by atoms with E-state index in [9.17, 15) is 8.42 Å². The number of hydrogen-bond donors (Lipinski definition) is 0. The van der Waals surface area contributed by atoms with Gasteiger partial charge >= 0.3 is 0 Å². The first-order valence-electron chi connectivity index (χ1n) is 8.78. The monoisotopic (exact) mass is 422 g/mol. The Balaban J connectivity index is 1.89. The van der Waals surface area contributed by atoms with Crippen molar-refractivity contribution < 1.29 is 12.9 Å². The van der Waals surface area contributed by atoms with Crippen molar-refractivity contribution in [3.63, 3.8) is 0 Å². The molecule has 0 spiro atoms. The van der Waals surface area contributed by atoms with Gasteiger partial charge in [-0.1, -0.05) is 35.0 Å². The summed E-state index contributed by atoms with van der Waals surface area (Å²) in [6, 6.07) is 7.60. The van der Waals surface area contributed by atoms with Crippen LogP contribution in [0.25, 0.3) is 0 Å². The SMILES string of the molecule is Cc1nn(Cc2ccccc2Cl)c(C)c1CN(C)S(=O)(=O)c1c(C)noc1C. The predicted octanol–water partition coefficient (Wildman–Crippen LogP) is 3.63. The van der Waals surface area contributed by atoms with Crippen molar-refractivity contribution in [3.8, 4) is 0 Å². The molecular weight excluding hydrogens is 400 g/mol. The van der Waals surface area contributed by atoms with Crippen molar-refractivity contribution in [2.75, 3.05) is 7.05 Å². The third kappa shape index (κ3) is 3.72. The quantitative estimate of drug-likeness (QED) is 0.605. The first-order chi connectivity index (χ1) is 13.1. The smallest absolute Gasteiger partial charge is 0.248 e. The molecule has 0 atom stereocenters. The summed E-state index contributed by atoms with van der Waals surface area (Å²) in [7, 11) is -2.18. The highest BCUT2D eigenvalue weighted by atomic mass is 35.5. The number of rotatable bonds is 6. The summed E-state index contributed by atoms with van der Waals surface area (Å²) in [5.41, 5.74) is 3.86. The normalized spacial score (nSPS) is 12.1. The molecule has 7 nitrogen and oxygen atoms in total. The van der Waals surface area contributed by atoms with Gasteiger partial charge in [0.25, 0.3) is 0 Å². The van der Waals surface area contributed by atoms with Gasteiger partial charge in [-0.2, -0.15) is 9.40 Å². The molecule has 0 bridgehead atoms. The van der Waals surface area contributed by atoms with Gasteiger partial charge in [0.2, 0.25) is 10.0 Å². The van der Waals surface area contributed by atoms with Crippen LogP contribution < -0.4 is 0 Å². The number of hydrogen-bond acceptors (Lipinski definition) is 5. The molecule has 0 saturated heterocycles. The van der Waals surface area contributed by atoms with Gasteiger partial charge in [0.05, 0.1) is 12.2 Å². The van der Waals surface area contributed by atoms with Crippen LogP contribution in [0.3, 0.4) is 0 Å². The van der Waals surface area contributed by atoms with Crippen LogP contribution >= 0.6 is 11.6 Å². The van der Waals surface area contributed by atoms with Gasteiger partial charge in [-0.3, -0.25) is 4.68 Å². The molecule has 0 aliphatic heterocycles. The van der Waals surface area contributed by atoms with E-state index in [1.165, 1.54) is 4.31 Å². The van der Waals surface area contributed by atoms with Crippen LogP contribution in [0.1, 0.15) is 34.0 Å². The molecule has 0 N–H and O–H groups in total. The van der Waals surface area contributed by atoms with Gasteiger partial charge in [0, 0.05) is 29.9 Å². The number of aromatic nitrogens is 3. The summed E-state index contributed by atoms with van der Waals surface area (Å²) >= 11 is 6.26. The Morgan fingerprint density at radius 3 is 2.43 bits per heavy atom. The fraction of sp³-hybridized carbons (Fsp3) is 0.368. The third-order valence-electron chi connectivity index (χ3n) is 4.83. The number of sulfonamides is 1. The minimum Gasteiger partial charge on any atom is -0.360 e. The molecule has 0 aliphatic rings. The Labute approximate surface area is 169 Å². The molecule has 0 aliphatic carbocycles. The van der Waals surface area contributed by atoms with Crippen molar-refractivity contribution in [2.24, 2.45) is 0 Å². The molecule has 150 valence electrons.